The largest absolute Gasteiger partial charge is 0.467 e. The van der Waals surface area contributed by atoms with Crippen LogP contribution in [0.4, 0.5) is 0 Å². The molecule has 5 nitrogen and oxygen atoms in total. The highest BCUT2D eigenvalue weighted by atomic mass is 16.3. The summed E-state index contributed by atoms with van der Waals surface area (Å²) >= 11 is 0. The van der Waals surface area contributed by atoms with E-state index in [-0.39, 0.29) is 6.04 Å². The highest BCUT2D eigenvalue weighted by molar-refractivity contribution is 5.08. The van der Waals surface area contributed by atoms with Gasteiger partial charge in [0.25, 0.3) is 0 Å². The molecule has 2 aromatic heterocycles. The number of hydrogen-bond acceptors (Lipinski definition) is 4. The van der Waals surface area contributed by atoms with Gasteiger partial charge < -0.3 is 10.2 Å². The number of aryl methyl sites for hydroxylation is 2. The number of nitrogens with zero attached hydrogens (tertiary/aromatic N) is 3. The molecule has 0 aliphatic carbocycles. The van der Waals surface area contributed by atoms with Crippen molar-refractivity contribution >= 4 is 0 Å². The minimum absolute atomic E-state index is 0.0683. The van der Waals surface area contributed by atoms with Gasteiger partial charge in [0.2, 0.25) is 0 Å². The van der Waals surface area contributed by atoms with Gasteiger partial charge in [-0.3, -0.25) is 0 Å². The molecule has 15 heavy (non-hydrogen) atoms. The molecule has 0 saturated carbocycles. The van der Waals surface area contributed by atoms with Crippen LogP contribution in [-0.2, 0) is 0 Å². The molecule has 5 heteroatoms. The van der Waals surface area contributed by atoms with E-state index in [0.717, 1.165) is 17.4 Å². The second kappa shape index (κ2) is 3.86. The van der Waals surface area contributed by atoms with E-state index < -0.39 is 0 Å². The fraction of sp³-hybridized carbons (Fsp3) is 0.400. The summed E-state index contributed by atoms with van der Waals surface area (Å²) in [6.07, 6.45) is 1.64. The van der Waals surface area contributed by atoms with Crippen LogP contribution in [0.15, 0.2) is 22.8 Å². The number of nitrogens with two attached hydrogens (primary N) is 1. The van der Waals surface area contributed by atoms with Crippen LogP contribution in [0.2, 0.25) is 0 Å². The topological polar surface area (TPSA) is 69.9 Å². The standard InChI is InChI=1S/C10H14N4O/c1-7-12-8(2)14(13-7)9(6-11)10-4-3-5-15-10/h3-5,9H,6,11H2,1-2H3. The Hall–Kier alpha value is -1.62. The van der Waals surface area contributed by atoms with Crippen LogP contribution < -0.4 is 5.73 Å². The van der Waals surface area contributed by atoms with E-state index in [1.54, 1.807) is 10.9 Å². The number of aromatic nitrogens is 3. The van der Waals surface area contributed by atoms with Crippen molar-refractivity contribution in [3.8, 4) is 0 Å². The zero-order valence-corrected chi connectivity index (χ0v) is 8.84. The summed E-state index contributed by atoms with van der Waals surface area (Å²) in [5.41, 5.74) is 5.73. The third kappa shape index (κ3) is 1.78. The Morgan fingerprint density at radius 2 is 2.33 bits per heavy atom. The summed E-state index contributed by atoms with van der Waals surface area (Å²) in [7, 11) is 0. The lowest BCUT2D eigenvalue weighted by molar-refractivity contribution is 0.404. The Labute approximate surface area is 87.9 Å². The van der Waals surface area contributed by atoms with Crippen molar-refractivity contribution in [3.63, 3.8) is 0 Å². The van der Waals surface area contributed by atoms with E-state index >= 15 is 0 Å². The highest BCUT2D eigenvalue weighted by Crippen LogP contribution is 2.18. The monoisotopic (exact) mass is 206 g/mol. The maximum atomic E-state index is 5.73. The van der Waals surface area contributed by atoms with Crippen LogP contribution in [0.1, 0.15) is 23.5 Å². The van der Waals surface area contributed by atoms with Crippen LogP contribution in [0, 0.1) is 13.8 Å². The van der Waals surface area contributed by atoms with Crippen LogP contribution in [-0.4, -0.2) is 21.3 Å². The van der Waals surface area contributed by atoms with Gasteiger partial charge in [-0.05, 0) is 26.0 Å². The van der Waals surface area contributed by atoms with Gasteiger partial charge in [0.05, 0.1) is 6.26 Å². The fourth-order valence-corrected chi connectivity index (χ4v) is 1.65. The van der Waals surface area contributed by atoms with E-state index in [4.69, 9.17) is 10.2 Å². The molecular formula is C10H14N4O. The third-order valence-electron chi connectivity index (χ3n) is 2.30. The Balaban J connectivity index is 2.39. The van der Waals surface area contributed by atoms with Crippen LogP contribution in [0.5, 0.6) is 0 Å². The first-order valence-electron chi connectivity index (χ1n) is 4.85. The van der Waals surface area contributed by atoms with Crippen molar-refractivity contribution in [1.82, 2.24) is 14.8 Å². The molecule has 0 fully saturated rings. The van der Waals surface area contributed by atoms with E-state index in [2.05, 4.69) is 10.1 Å². The second-order valence-electron chi connectivity index (χ2n) is 3.42. The first-order chi connectivity index (χ1) is 7.22. The van der Waals surface area contributed by atoms with Gasteiger partial charge in [-0.1, -0.05) is 0 Å². The summed E-state index contributed by atoms with van der Waals surface area (Å²) < 4.78 is 7.14. The maximum Gasteiger partial charge on any atom is 0.147 e. The first kappa shape index (κ1) is 9.92. The van der Waals surface area contributed by atoms with E-state index in [0.29, 0.717) is 6.54 Å². The average molecular weight is 206 g/mol. The number of rotatable bonds is 3. The van der Waals surface area contributed by atoms with Gasteiger partial charge >= 0.3 is 0 Å². The van der Waals surface area contributed by atoms with E-state index in [9.17, 15) is 0 Å². The Kier molecular flexibility index (Phi) is 2.55. The van der Waals surface area contributed by atoms with Gasteiger partial charge in [-0.25, -0.2) is 9.67 Å². The molecule has 1 unspecified atom stereocenters. The zero-order chi connectivity index (χ0) is 10.8. The van der Waals surface area contributed by atoms with Crippen molar-refractivity contribution in [2.24, 2.45) is 5.73 Å². The molecule has 0 amide bonds. The van der Waals surface area contributed by atoms with Gasteiger partial charge in [-0.2, -0.15) is 5.10 Å². The molecule has 80 valence electrons. The maximum absolute atomic E-state index is 5.73. The molecule has 0 bridgehead atoms. The van der Waals surface area contributed by atoms with E-state index in [1.165, 1.54) is 0 Å². The van der Waals surface area contributed by atoms with Gasteiger partial charge in [0.1, 0.15) is 23.5 Å². The summed E-state index contributed by atoms with van der Waals surface area (Å²) in [6, 6.07) is 3.67. The van der Waals surface area contributed by atoms with Gasteiger partial charge in [-0.15, -0.1) is 0 Å². The molecular weight excluding hydrogens is 192 g/mol. The van der Waals surface area contributed by atoms with Crippen molar-refractivity contribution in [2.45, 2.75) is 19.9 Å². The zero-order valence-electron chi connectivity index (χ0n) is 8.84. The molecule has 0 aromatic carbocycles. The summed E-state index contributed by atoms with van der Waals surface area (Å²) in [6.45, 7) is 4.21. The number of hydrogen-bond donors (Lipinski definition) is 1. The summed E-state index contributed by atoms with van der Waals surface area (Å²) in [5, 5.41) is 4.30. The van der Waals surface area contributed by atoms with Crippen molar-refractivity contribution < 1.29 is 4.42 Å². The van der Waals surface area contributed by atoms with Crippen molar-refractivity contribution in [2.75, 3.05) is 6.54 Å². The van der Waals surface area contributed by atoms with Crippen molar-refractivity contribution in [3.05, 3.63) is 35.8 Å². The summed E-state index contributed by atoms with van der Waals surface area (Å²) in [4.78, 5) is 4.24. The van der Waals surface area contributed by atoms with Crippen LogP contribution in [0.25, 0.3) is 0 Å². The SMILES string of the molecule is Cc1nc(C)n(C(CN)c2ccco2)n1. The molecule has 2 heterocycles. The number of furan rings is 1. The fourth-order valence-electron chi connectivity index (χ4n) is 1.65. The summed E-state index contributed by atoms with van der Waals surface area (Å²) in [5.74, 6) is 2.40. The molecule has 2 aromatic rings. The lowest BCUT2D eigenvalue weighted by Gasteiger charge is -2.13. The minimum Gasteiger partial charge on any atom is -0.467 e. The van der Waals surface area contributed by atoms with Crippen LogP contribution >= 0.6 is 0 Å². The highest BCUT2D eigenvalue weighted by Gasteiger charge is 2.18. The lowest BCUT2D eigenvalue weighted by Crippen LogP contribution is -2.22. The van der Waals surface area contributed by atoms with Gasteiger partial charge in [0, 0.05) is 6.54 Å². The molecule has 0 radical (unpaired) electrons. The van der Waals surface area contributed by atoms with E-state index in [1.807, 2.05) is 26.0 Å². The second-order valence-corrected chi connectivity index (χ2v) is 3.42. The third-order valence-corrected chi connectivity index (χ3v) is 2.30. The Morgan fingerprint density at radius 1 is 1.53 bits per heavy atom. The smallest absolute Gasteiger partial charge is 0.147 e. The first-order valence-corrected chi connectivity index (χ1v) is 4.85. The Bertz CT molecular complexity index is 432. The molecule has 0 saturated heterocycles. The normalized spacial score (nSPS) is 13.0. The Morgan fingerprint density at radius 3 is 2.80 bits per heavy atom. The van der Waals surface area contributed by atoms with Gasteiger partial charge in [0.15, 0.2) is 0 Å². The van der Waals surface area contributed by atoms with Crippen LogP contribution in [0.3, 0.4) is 0 Å². The molecule has 0 spiro atoms. The molecule has 0 aliphatic rings. The minimum atomic E-state index is -0.0683. The predicted octanol–water partition coefficient (Wildman–Crippen LogP) is 1.04. The molecule has 2 rings (SSSR count). The average Bonchev–Trinajstić information content (AvgIpc) is 2.79. The quantitative estimate of drug-likeness (QED) is 0.814. The molecule has 1 atom stereocenters. The van der Waals surface area contributed by atoms with Crippen molar-refractivity contribution in [1.29, 1.82) is 0 Å². The molecule has 2 N–H and O–H groups in total. The predicted molar refractivity (Wildman–Crippen MR) is 55.4 cm³/mol. The molecule has 0 aliphatic heterocycles. The lowest BCUT2D eigenvalue weighted by atomic mass is 10.2.